The number of hydrazine groups is 1. The van der Waals surface area contributed by atoms with Crippen LogP contribution in [0.5, 0.6) is 0 Å². The Hall–Kier alpha value is -2.89. The number of hydrogen-bond acceptors (Lipinski definition) is 8. The van der Waals surface area contributed by atoms with Crippen molar-refractivity contribution in [3.8, 4) is 0 Å². The molecule has 0 saturated heterocycles. The topological polar surface area (TPSA) is 131 Å². The van der Waals surface area contributed by atoms with Gasteiger partial charge in [-0.25, -0.2) is 15.2 Å². The Morgan fingerprint density at radius 1 is 1.35 bits per heavy atom. The Morgan fingerprint density at radius 3 is 2.71 bits per heavy atom. The van der Waals surface area contributed by atoms with Crippen LogP contribution in [0.25, 0.3) is 0 Å². The monoisotopic (exact) mass is 447 g/mol. The molecule has 1 aromatic heterocycles. The molecule has 0 spiro atoms. The van der Waals surface area contributed by atoms with E-state index in [1.807, 2.05) is 0 Å². The predicted molar refractivity (Wildman–Crippen MR) is 120 cm³/mol. The quantitative estimate of drug-likeness (QED) is 0.175. The van der Waals surface area contributed by atoms with E-state index < -0.39 is 11.7 Å². The molecule has 1 aliphatic carbocycles. The van der Waals surface area contributed by atoms with Crippen LogP contribution in [0.15, 0.2) is 40.5 Å². The van der Waals surface area contributed by atoms with Crippen molar-refractivity contribution >= 4 is 34.3 Å². The van der Waals surface area contributed by atoms with Crippen molar-refractivity contribution < 1.29 is 14.0 Å². The number of halogens is 1. The molecule has 1 fully saturated rings. The number of nitrogens with two attached hydrogens (primary N) is 2. The molecule has 1 heterocycles. The fraction of sp³-hybridized carbons (Fsp3) is 0.350. The van der Waals surface area contributed by atoms with Gasteiger partial charge in [-0.1, -0.05) is 12.8 Å². The lowest BCUT2D eigenvalue weighted by atomic mass is 9.99. The lowest BCUT2D eigenvalue weighted by molar-refractivity contribution is 0.102. The molecule has 0 atom stereocenters. The summed E-state index contributed by atoms with van der Waals surface area (Å²) in [5, 5.41) is 7.69. The normalized spacial score (nSPS) is 14.5. The van der Waals surface area contributed by atoms with Gasteiger partial charge in [-0.05, 0) is 60.4 Å². The highest BCUT2D eigenvalue weighted by atomic mass is 32.2. The highest BCUT2D eigenvalue weighted by Gasteiger charge is 2.21. The molecule has 0 unspecified atom stereocenters. The van der Waals surface area contributed by atoms with Crippen LogP contribution >= 0.6 is 11.8 Å². The van der Waals surface area contributed by atoms with E-state index in [1.54, 1.807) is 31.4 Å². The van der Waals surface area contributed by atoms with Crippen LogP contribution in [0.3, 0.4) is 0 Å². The fourth-order valence-electron chi connectivity index (χ4n) is 3.47. The highest BCUT2D eigenvalue weighted by molar-refractivity contribution is 8.13. The van der Waals surface area contributed by atoms with E-state index in [0.29, 0.717) is 16.5 Å². The van der Waals surface area contributed by atoms with Crippen molar-refractivity contribution in [2.24, 2.45) is 16.8 Å². The number of carbonyl (C=O) groups excluding carboxylic acids is 1. The first-order chi connectivity index (χ1) is 14.9. The fourth-order valence-corrected chi connectivity index (χ4v) is 4.26. The Kier molecular flexibility index (Phi) is 7.66. The summed E-state index contributed by atoms with van der Waals surface area (Å²) in [4.78, 5) is 22.6. The highest BCUT2D eigenvalue weighted by Crippen LogP contribution is 2.34. The third kappa shape index (κ3) is 5.63. The van der Waals surface area contributed by atoms with Gasteiger partial charge in [0.05, 0.1) is 18.4 Å². The number of hydrogen-bond donors (Lipinski definition) is 4. The number of amidine groups is 1. The molecule has 31 heavy (non-hydrogen) atoms. The first-order valence-corrected chi connectivity index (χ1v) is 10.6. The predicted octanol–water partition coefficient (Wildman–Crippen LogP) is 3.23. The number of nitrogens with zero attached hydrogens (tertiary/aromatic N) is 3. The van der Waals surface area contributed by atoms with Crippen molar-refractivity contribution in [3.05, 3.63) is 47.4 Å². The van der Waals surface area contributed by atoms with Crippen LogP contribution in [0.1, 0.15) is 47.5 Å². The largest absolute Gasteiger partial charge is 0.321 e. The van der Waals surface area contributed by atoms with E-state index >= 15 is 0 Å². The average molecular weight is 448 g/mol. The van der Waals surface area contributed by atoms with Gasteiger partial charge in [-0.2, -0.15) is 5.10 Å². The zero-order chi connectivity index (χ0) is 22.4. The van der Waals surface area contributed by atoms with Gasteiger partial charge in [0.1, 0.15) is 0 Å². The van der Waals surface area contributed by atoms with Gasteiger partial charge in [0.2, 0.25) is 5.17 Å². The van der Waals surface area contributed by atoms with Gasteiger partial charge in [-0.3, -0.25) is 20.1 Å². The molecule has 9 nitrogen and oxygen atoms in total. The van der Waals surface area contributed by atoms with Gasteiger partial charge in [-0.15, -0.1) is 0 Å². The number of amides is 1. The molecule has 1 aliphatic rings. The number of hydrazone groups is 1. The summed E-state index contributed by atoms with van der Waals surface area (Å²) >= 11 is 1.09. The van der Waals surface area contributed by atoms with Crippen LogP contribution in [0, 0.1) is 5.82 Å². The number of benzene rings is 1. The average Bonchev–Trinajstić information content (AvgIpc) is 3.29. The van der Waals surface area contributed by atoms with Gasteiger partial charge < -0.3 is 11.2 Å². The summed E-state index contributed by atoms with van der Waals surface area (Å²) in [7, 11) is 3.03. The number of nitrogens with one attached hydrogen (secondary N) is 2. The van der Waals surface area contributed by atoms with Crippen molar-refractivity contribution in [1.82, 2.24) is 9.99 Å². The van der Waals surface area contributed by atoms with E-state index in [1.165, 1.54) is 18.2 Å². The molecular weight excluding hydrogens is 421 g/mol. The molecule has 0 aliphatic heterocycles. The SMILES string of the molecule is CONc1ccc(S/C(=N/N)N(C)N)c(C(=O)Nc2ncc(C3CCCC3)cc2F)c1. The summed E-state index contributed by atoms with van der Waals surface area (Å²) in [6.45, 7) is 0. The zero-order valence-corrected chi connectivity index (χ0v) is 18.2. The molecule has 1 saturated carbocycles. The maximum Gasteiger partial charge on any atom is 0.258 e. The van der Waals surface area contributed by atoms with Gasteiger partial charge in [0, 0.05) is 18.1 Å². The molecule has 0 radical (unpaired) electrons. The molecular formula is C20H26FN7O2S. The Balaban J connectivity index is 1.86. The summed E-state index contributed by atoms with van der Waals surface area (Å²) < 4.78 is 14.7. The second-order valence-corrected chi connectivity index (χ2v) is 8.19. The number of pyridine rings is 1. The van der Waals surface area contributed by atoms with E-state index in [-0.39, 0.29) is 16.5 Å². The summed E-state index contributed by atoms with van der Waals surface area (Å²) in [5.41, 5.74) is 4.31. The maximum absolute atomic E-state index is 14.7. The van der Waals surface area contributed by atoms with Crippen LogP contribution in [0.2, 0.25) is 0 Å². The minimum atomic E-state index is -0.566. The lowest BCUT2D eigenvalue weighted by Gasteiger charge is -2.16. The van der Waals surface area contributed by atoms with Crippen molar-refractivity contribution in [3.63, 3.8) is 0 Å². The molecule has 3 rings (SSSR count). The Bertz CT molecular complexity index is 965. The van der Waals surface area contributed by atoms with Crippen molar-refractivity contribution in [2.75, 3.05) is 25.0 Å². The van der Waals surface area contributed by atoms with Crippen LogP contribution in [0.4, 0.5) is 15.9 Å². The third-order valence-corrected chi connectivity index (χ3v) is 6.13. The van der Waals surface area contributed by atoms with Crippen molar-refractivity contribution in [2.45, 2.75) is 36.5 Å². The summed E-state index contributed by atoms with van der Waals surface area (Å²) in [6.07, 6.45) is 5.99. The van der Waals surface area contributed by atoms with E-state index in [2.05, 4.69) is 20.9 Å². The smallest absolute Gasteiger partial charge is 0.258 e. The number of carbonyl (C=O) groups is 1. The van der Waals surface area contributed by atoms with Crippen LogP contribution in [-0.2, 0) is 4.84 Å². The minimum absolute atomic E-state index is 0.128. The van der Waals surface area contributed by atoms with Gasteiger partial charge >= 0.3 is 0 Å². The van der Waals surface area contributed by atoms with Gasteiger partial charge in [0.25, 0.3) is 5.91 Å². The molecule has 1 aromatic carbocycles. The number of rotatable bonds is 6. The van der Waals surface area contributed by atoms with E-state index in [4.69, 9.17) is 16.5 Å². The van der Waals surface area contributed by atoms with E-state index in [9.17, 15) is 9.18 Å². The first kappa shape index (κ1) is 22.8. The second kappa shape index (κ2) is 10.4. The van der Waals surface area contributed by atoms with Crippen LogP contribution in [-0.4, -0.2) is 35.2 Å². The molecule has 2 aromatic rings. The Labute approximate surface area is 184 Å². The van der Waals surface area contributed by atoms with Crippen molar-refractivity contribution in [1.29, 1.82) is 0 Å². The number of thioether (sulfide) groups is 1. The summed E-state index contributed by atoms with van der Waals surface area (Å²) in [6, 6.07) is 6.42. The lowest BCUT2D eigenvalue weighted by Crippen LogP contribution is -2.32. The number of aromatic nitrogens is 1. The molecule has 1 amide bonds. The third-order valence-electron chi connectivity index (χ3n) is 4.98. The van der Waals surface area contributed by atoms with E-state index in [0.717, 1.165) is 43.0 Å². The molecule has 6 N–H and O–H groups in total. The first-order valence-electron chi connectivity index (χ1n) is 9.77. The minimum Gasteiger partial charge on any atom is -0.321 e. The standard InChI is InChI=1S/C20H26FN7O2S/c1-28(23)20(26-22)31-17-8-7-14(27-30-2)10-15(17)19(29)25-18-16(21)9-13(11-24-18)12-5-3-4-6-12/h7-12,27H,3-6,22-23H2,1-2H3,(H,24,25,29)/b26-20+. The molecule has 166 valence electrons. The second-order valence-electron chi connectivity index (χ2n) is 7.18. The maximum atomic E-state index is 14.7. The van der Waals surface area contributed by atoms with Gasteiger partial charge in [0.15, 0.2) is 11.6 Å². The number of anilines is 2. The molecule has 11 heteroatoms. The molecule has 0 bridgehead atoms. The summed E-state index contributed by atoms with van der Waals surface area (Å²) in [5.74, 6) is 10.2. The van der Waals surface area contributed by atoms with Crippen LogP contribution < -0.4 is 22.5 Å². The zero-order valence-electron chi connectivity index (χ0n) is 17.4. The Morgan fingerprint density at radius 2 is 2.10 bits per heavy atom.